The largest absolute Gasteiger partial charge is 0.319 e. The Morgan fingerprint density at radius 1 is 1.17 bits per heavy atom. The Morgan fingerprint density at radius 3 is 2.52 bits per heavy atom. The Bertz CT molecular complexity index is 857. The first-order chi connectivity index (χ1) is 11.0. The summed E-state index contributed by atoms with van der Waals surface area (Å²) >= 11 is 0. The van der Waals surface area contributed by atoms with Crippen LogP contribution in [0, 0.1) is 12.7 Å². The number of nitrogens with zero attached hydrogens (tertiary/aromatic N) is 4. The summed E-state index contributed by atoms with van der Waals surface area (Å²) in [4.78, 5) is 12.2. The van der Waals surface area contributed by atoms with Gasteiger partial charge in [-0.05, 0) is 47.2 Å². The van der Waals surface area contributed by atoms with Gasteiger partial charge in [-0.3, -0.25) is 4.79 Å². The second-order valence-electron chi connectivity index (χ2n) is 5.14. The van der Waals surface area contributed by atoms with Crippen LogP contribution in [0.25, 0.3) is 11.4 Å². The molecule has 0 unspecified atom stereocenters. The fraction of sp³-hybridized carbons (Fsp3) is 0.125. The van der Waals surface area contributed by atoms with Gasteiger partial charge in [0.05, 0.1) is 5.69 Å². The maximum Gasteiger partial charge on any atom is 0.255 e. The molecule has 0 aliphatic carbocycles. The number of amides is 1. The van der Waals surface area contributed by atoms with Gasteiger partial charge in [-0.2, -0.15) is 0 Å². The van der Waals surface area contributed by atoms with E-state index < -0.39 is 5.82 Å². The predicted molar refractivity (Wildman–Crippen MR) is 83.3 cm³/mol. The molecule has 7 heteroatoms. The van der Waals surface area contributed by atoms with Crippen molar-refractivity contribution in [3.05, 3.63) is 59.4 Å². The number of hydrogen-bond donors (Lipinski definition) is 1. The summed E-state index contributed by atoms with van der Waals surface area (Å²) in [5.74, 6) is -0.239. The third kappa shape index (κ3) is 3.08. The number of hydrogen-bond acceptors (Lipinski definition) is 4. The number of rotatable bonds is 3. The highest BCUT2D eigenvalue weighted by molar-refractivity contribution is 6.04. The zero-order chi connectivity index (χ0) is 16.4. The standard InChI is InChI=1S/C16H14FN5O/c1-10-3-8-14(13(17)9-10)18-16(23)12-6-4-11(5-7-12)15-19-20-21-22(15)2/h3-9H,1-2H3,(H,18,23). The molecule has 0 radical (unpaired) electrons. The third-order valence-corrected chi connectivity index (χ3v) is 3.40. The Balaban J connectivity index is 1.79. The van der Waals surface area contributed by atoms with Crippen LogP contribution in [0.15, 0.2) is 42.5 Å². The van der Waals surface area contributed by atoms with Crippen molar-refractivity contribution >= 4 is 11.6 Å². The minimum atomic E-state index is -0.458. The summed E-state index contributed by atoms with van der Waals surface area (Å²) in [6.07, 6.45) is 0. The van der Waals surface area contributed by atoms with Crippen molar-refractivity contribution in [2.45, 2.75) is 6.92 Å². The Morgan fingerprint density at radius 2 is 1.91 bits per heavy atom. The summed E-state index contributed by atoms with van der Waals surface area (Å²) in [6, 6.07) is 11.4. The number of carbonyl (C=O) groups excluding carboxylic acids is 1. The molecule has 0 fully saturated rings. The molecule has 116 valence electrons. The Hall–Kier alpha value is -3.09. The molecule has 1 heterocycles. The van der Waals surface area contributed by atoms with Crippen LogP contribution in [0.5, 0.6) is 0 Å². The van der Waals surface area contributed by atoms with E-state index in [1.54, 1.807) is 50.4 Å². The Kier molecular flexibility index (Phi) is 3.84. The van der Waals surface area contributed by atoms with Crippen LogP contribution in [0.4, 0.5) is 10.1 Å². The molecule has 3 rings (SSSR count). The molecule has 0 bridgehead atoms. The number of anilines is 1. The molecular weight excluding hydrogens is 297 g/mol. The molecular formula is C16H14FN5O. The molecule has 0 atom stereocenters. The van der Waals surface area contributed by atoms with Gasteiger partial charge in [0.2, 0.25) is 0 Å². The van der Waals surface area contributed by atoms with E-state index in [4.69, 9.17) is 0 Å². The van der Waals surface area contributed by atoms with Crippen LogP contribution in [0.2, 0.25) is 0 Å². The highest BCUT2D eigenvalue weighted by atomic mass is 19.1. The van der Waals surface area contributed by atoms with Crippen molar-refractivity contribution in [2.75, 3.05) is 5.32 Å². The first-order valence-corrected chi connectivity index (χ1v) is 6.95. The van der Waals surface area contributed by atoms with E-state index in [-0.39, 0.29) is 11.6 Å². The van der Waals surface area contributed by atoms with Gasteiger partial charge in [-0.25, -0.2) is 9.07 Å². The first kappa shape index (κ1) is 14.8. The summed E-state index contributed by atoms with van der Waals surface area (Å²) in [7, 11) is 1.73. The van der Waals surface area contributed by atoms with Crippen LogP contribution in [-0.4, -0.2) is 26.1 Å². The normalized spacial score (nSPS) is 10.6. The van der Waals surface area contributed by atoms with Gasteiger partial charge in [0.15, 0.2) is 5.82 Å². The van der Waals surface area contributed by atoms with Crippen LogP contribution in [-0.2, 0) is 7.05 Å². The fourth-order valence-corrected chi connectivity index (χ4v) is 2.16. The number of aromatic nitrogens is 4. The van der Waals surface area contributed by atoms with E-state index in [1.807, 2.05) is 0 Å². The number of benzene rings is 2. The van der Waals surface area contributed by atoms with Crippen molar-refractivity contribution in [1.82, 2.24) is 20.2 Å². The highest BCUT2D eigenvalue weighted by Crippen LogP contribution is 2.18. The molecule has 1 amide bonds. The summed E-state index contributed by atoms with van der Waals surface area (Å²) in [5, 5.41) is 13.8. The van der Waals surface area contributed by atoms with Gasteiger partial charge >= 0.3 is 0 Å². The zero-order valence-corrected chi connectivity index (χ0v) is 12.6. The molecule has 0 saturated carbocycles. The van der Waals surface area contributed by atoms with Crippen LogP contribution in [0.1, 0.15) is 15.9 Å². The number of carbonyl (C=O) groups is 1. The van der Waals surface area contributed by atoms with Crippen molar-refractivity contribution in [3.8, 4) is 11.4 Å². The topological polar surface area (TPSA) is 72.7 Å². The molecule has 0 saturated heterocycles. The summed E-state index contributed by atoms with van der Waals surface area (Å²) < 4.78 is 15.3. The van der Waals surface area contributed by atoms with Crippen molar-refractivity contribution in [2.24, 2.45) is 7.05 Å². The van der Waals surface area contributed by atoms with E-state index in [9.17, 15) is 9.18 Å². The molecule has 3 aromatic rings. The molecule has 0 spiro atoms. The summed E-state index contributed by atoms with van der Waals surface area (Å²) in [5.41, 5.74) is 2.16. The number of tetrazole rings is 1. The quantitative estimate of drug-likeness (QED) is 0.807. The van der Waals surface area contributed by atoms with E-state index >= 15 is 0 Å². The second kappa shape index (κ2) is 5.96. The molecule has 2 aromatic carbocycles. The smallest absolute Gasteiger partial charge is 0.255 e. The van der Waals surface area contributed by atoms with E-state index in [0.717, 1.165) is 11.1 Å². The van der Waals surface area contributed by atoms with Gasteiger partial charge in [-0.1, -0.05) is 18.2 Å². The molecule has 1 aromatic heterocycles. The Labute approximate surface area is 132 Å². The number of nitrogens with one attached hydrogen (secondary N) is 1. The van der Waals surface area contributed by atoms with E-state index in [1.165, 1.54) is 10.7 Å². The molecule has 0 aliphatic rings. The van der Waals surface area contributed by atoms with Crippen LogP contribution in [0.3, 0.4) is 0 Å². The lowest BCUT2D eigenvalue weighted by atomic mass is 10.1. The molecule has 23 heavy (non-hydrogen) atoms. The maximum absolute atomic E-state index is 13.8. The minimum Gasteiger partial charge on any atom is -0.319 e. The third-order valence-electron chi connectivity index (χ3n) is 3.40. The predicted octanol–water partition coefficient (Wildman–Crippen LogP) is 2.58. The zero-order valence-electron chi connectivity index (χ0n) is 12.6. The molecule has 1 N–H and O–H groups in total. The average molecular weight is 311 g/mol. The average Bonchev–Trinajstić information content (AvgIpc) is 2.96. The van der Waals surface area contributed by atoms with Crippen LogP contribution >= 0.6 is 0 Å². The lowest BCUT2D eigenvalue weighted by Gasteiger charge is -2.07. The van der Waals surface area contributed by atoms with Gasteiger partial charge < -0.3 is 5.32 Å². The van der Waals surface area contributed by atoms with Crippen LogP contribution < -0.4 is 5.32 Å². The van der Waals surface area contributed by atoms with Gasteiger partial charge in [0, 0.05) is 18.2 Å². The van der Waals surface area contributed by atoms with Gasteiger partial charge in [-0.15, -0.1) is 5.10 Å². The van der Waals surface area contributed by atoms with Crippen molar-refractivity contribution in [1.29, 1.82) is 0 Å². The highest BCUT2D eigenvalue weighted by Gasteiger charge is 2.11. The summed E-state index contributed by atoms with van der Waals surface area (Å²) in [6.45, 7) is 1.79. The van der Waals surface area contributed by atoms with Crippen molar-refractivity contribution in [3.63, 3.8) is 0 Å². The van der Waals surface area contributed by atoms with Crippen molar-refractivity contribution < 1.29 is 9.18 Å². The first-order valence-electron chi connectivity index (χ1n) is 6.95. The molecule has 0 aliphatic heterocycles. The SMILES string of the molecule is Cc1ccc(NC(=O)c2ccc(-c3nnnn3C)cc2)c(F)c1. The van der Waals surface area contributed by atoms with E-state index in [2.05, 4.69) is 20.8 Å². The number of aryl methyl sites for hydroxylation is 2. The molecule has 6 nitrogen and oxygen atoms in total. The maximum atomic E-state index is 13.8. The second-order valence-corrected chi connectivity index (χ2v) is 5.14. The van der Waals surface area contributed by atoms with Gasteiger partial charge in [0.25, 0.3) is 5.91 Å². The van der Waals surface area contributed by atoms with E-state index in [0.29, 0.717) is 11.4 Å². The minimum absolute atomic E-state index is 0.155. The monoisotopic (exact) mass is 311 g/mol. The van der Waals surface area contributed by atoms with Gasteiger partial charge in [0.1, 0.15) is 5.82 Å². The fourth-order valence-electron chi connectivity index (χ4n) is 2.16. The lowest BCUT2D eigenvalue weighted by molar-refractivity contribution is 0.102. The lowest BCUT2D eigenvalue weighted by Crippen LogP contribution is -2.13. The number of halogens is 1.